The Hall–Kier alpha value is -3.57. The number of halogens is 1. The summed E-state index contributed by atoms with van der Waals surface area (Å²) in [6.45, 7) is 6.42. The van der Waals surface area contributed by atoms with E-state index in [1.165, 1.54) is 5.56 Å². The summed E-state index contributed by atoms with van der Waals surface area (Å²) in [4.78, 5) is 28.2. The average Bonchev–Trinajstić information content (AvgIpc) is 3.03. The summed E-state index contributed by atoms with van der Waals surface area (Å²) < 4.78 is 5.28. The van der Waals surface area contributed by atoms with Gasteiger partial charge in [-0.25, -0.2) is 4.90 Å². The van der Waals surface area contributed by atoms with Crippen LogP contribution in [0.15, 0.2) is 78.5 Å². The van der Waals surface area contributed by atoms with E-state index < -0.39 is 11.8 Å². The maximum absolute atomic E-state index is 13.5. The smallest absolute Gasteiger partial charge is 0.282 e. The van der Waals surface area contributed by atoms with Gasteiger partial charge in [-0.1, -0.05) is 62.7 Å². The Bertz CT molecular complexity index is 1240. The summed E-state index contributed by atoms with van der Waals surface area (Å²) in [6, 6.07) is 21.6. The lowest BCUT2D eigenvalue weighted by Crippen LogP contribution is -2.32. The molecular weight excluding hydrogens is 436 g/mol. The Morgan fingerprint density at radius 1 is 0.879 bits per heavy atom. The standard InChI is InChI=1S/C27H25ClN2O3/c1-27(2,3)18-10-14-20(15-11-18)29-24-23(17-8-12-19(28)13-9-17)25(31)30(26(24)32)21-6-5-7-22(16-21)33-4/h5-16,29H,1-4H3. The van der Waals surface area contributed by atoms with Gasteiger partial charge in [-0.2, -0.15) is 0 Å². The number of amides is 2. The zero-order valence-electron chi connectivity index (χ0n) is 19.0. The fourth-order valence-corrected chi connectivity index (χ4v) is 3.84. The van der Waals surface area contributed by atoms with Gasteiger partial charge in [0, 0.05) is 16.8 Å². The third-order valence-corrected chi connectivity index (χ3v) is 5.80. The van der Waals surface area contributed by atoms with Gasteiger partial charge >= 0.3 is 0 Å². The first kappa shape index (κ1) is 22.6. The number of ether oxygens (including phenoxy) is 1. The molecule has 0 fully saturated rings. The van der Waals surface area contributed by atoms with Crippen LogP contribution in [0.5, 0.6) is 5.75 Å². The highest BCUT2D eigenvalue weighted by atomic mass is 35.5. The van der Waals surface area contributed by atoms with Crippen LogP contribution in [0.2, 0.25) is 5.02 Å². The van der Waals surface area contributed by atoms with Gasteiger partial charge in [0.2, 0.25) is 0 Å². The molecule has 1 N–H and O–H groups in total. The zero-order chi connectivity index (χ0) is 23.8. The van der Waals surface area contributed by atoms with Gasteiger partial charge < -0.3 is 10.1 Å². The van der Waals surface area contributed by atoms with Crippen molar-refractivity contribution in [1.29, 1.82) is 0 Å². The molecule has 3 aromatic rings. The highest BCUT2D eigenvalue weighted by Crippen LogP contribution is 2.35. The number of imide groups is 1. The average molecular weight is 461 g/mol. The van der Waals surface area contributed by atoms with Crippen LogP contribution in [0.3, 0.4) is 0 Å². The molecule has 1 aliphatic rings. The second kappa shape index (κ2) is 8.75. The van der Waals surface area contributed by atoms with Gasteiger partial charge in [0.15, 0.2) is 0 Å². The number of hydrogen-bond donors (Lipinski definition) is 1. The van der Waals surface area contributed by atoms with Crippen molar-refractivity contribution < 1.29 is 14.3 Å². The Morgan fingerprint density at radius 2 is 1.55 bits per heavy atom. The van der Waals surface area contributed by atoms with Gasteiger partial charge in [0.05, 0.1) is 18.4 Å². The lowest BCUT2D eigenvalue weighted by molar-refractivity contribution is -0.120. The summed E-state index contributed by atoms with van der Waals surface area (Å²) in [7, 11) is 1.54. The number of carbonyl (C=O) groups is 2. The first-order chi connectivity index (χ1) is 15.7. The number of nitrogens with zero attached hydrogens (tertiary/aromatic N) is 1. The Morgan fingerprint density at radius 3 is 2.15 bits per heavy atom. The minimum absolute atomic E-state index is 0.00851. The Kier molecular flexibility index (Phi) is 6.00. The minimum atomic E-state index is -0.432. The first-order valence-electron chi connectivity index (χ1n) is 10.6. The SMILES string of the molecule is COc1cccc(N2C(=O)C(Nc3ccc(C(C)(C)C)cc3)=C(c3ccc(Cl)cc3)C2=O)c1. The van der Waals surface area contributed by atoms with Crippen molar-refractivity contribution in [3.63, 3.8) is 0 Å². The minimum Gasteiger partial charge on any atom is -0.497 e. The maximum Gasteiger partial charge on any atom is 0.282 e. The molecular formula is C27H25ClN2O3. The summed E-state index contributed by atoms with van der Waals surface area (Å²) in [5.74, 6) is -0.289. The summed E-state index contributed by atoms with van der Waals surface area (Å²) in [5, 5.41) is 3.74. The number of anilines is 2. The van der Waals surface area contributed by atoms with E-state index >= 15 is 0 Å². The highest BCUT2D eigenvalue weighted by Gasteiger charge is 2.40. The van der Waals surface area contributed by atoms with E-state index in [0.717, 1.165) is 10.6 Å². The van der Waals surface area contributed by atoms with Crippen molar-refractivity contribution in [2.24, 2.45) is 0 Å². The van der Waals surface area contributed by atoms with Crippen molar-refractivity contribution in [3.8, 4) is 5.75 Å². The molecule has 6 heteroatoms. The maximum atomic E-state index is 13.5. The molecule has 1 aliphatic heterocycles. The Balaban J connectivity index is 1.77. The van der Waals surface area contributed by atoms with E-state index in [0.29, 0.717) is 27.6 Å². The van der Waals surface area contributed by atoms with Crippen LogP contribution in [0, 0.1) is 0 Å². The molecule has 0 atom stereocenters. The molecule has 0 saturated heterocycles. The number of hydrogen-bond acceptors (Lipinski definition) is 4. The van der Waals surface area contributed by atoms with Gasteiger partial charge in [-0.15, -0.1) is 0 Å². The number of rotatable bonds is 5. The van der Waals surface area contributed by atoms with Gasteiger partial charge in [-0.05, 0) is 52.9 Å². The van der Waals surface area contributed by atoms with Crippen LogP contribution in [-0.2, 0) is 15.0 Å². The fraction of sp³-hybridized carbons (Fsp3) is 0.185. The Labute approximate surface area is 198 Å². The van der Waals surface area contributed by atoms with Crippen LogP contribution in [0.1, 0.15) is 31.9 Å². The highest BCUT2D eigenvalue weighted by molar-refractivity contribution is 6.46. The van der Waals surface area contributed by atoms with Crippen LogP contribution in [-0.4, -0.2) is 18.9 Å². The van der Waals surface area contributed by atoms with E-state index in [1.54, 1.807) is 55.6 Å². The molecule has 33 heavy (non-hydrogen) atoms. The first-order valence-corrected chi connectivity index (χ1v) is 11.0. The monoisotopic (exact) mass is 460 g/mol. The molecule has 0 spiro atoms. The second-order valence-electron chi connectivity index (χ2n) is 8.86. The predicted octanol–water partition coefficient (Wildman–Crippen LogP) is 6.04. The number of nitrogens with one attached hydrogen (secondary N) is 1. The summed E-state index contributed by atoms with van der Waals surface area (Å²) in [6.07, 6.45) is 0. The van der Waals surface area contributed by atoms with Crippen molar-refractivity contribution in [2.45, 2.75) is 26.2 Å². The molecule has 2 amide bonds. The number of carbonyl (C=O) groups excluding carboxylic acids is 2. The number of benzene rings is 3. The van der Waals surface area contributed by atoms with Crippen molar-refractivity contribution >= 4 is 40.4 Å². The summed E-state index contributed by atoms with van der Waals surface area (Å²) >= 11 is 6.05. The van der Waals surface area contributed by atoms with Crippen LogP contribution < -0.4 is 15.0 Å². The molecule has 1 heterocycles. The number of methoxy groups -OCH3 is 1. The molecule has 168 valence electrons. The largest absolute Gasteiger partial charge is 0.497 e. The molecule has 0 saturated carbocycles. The lowest BCUT2D eigenvalue weighted by Gasteiger charge is -2.19. The summed E-state index contributed by atoms with van der Waals surface area (Å²) in [5.41, 5.74) is 3.46. The van der Waals surface area contributed by atoms with Gasteiger partial charge in [0.25, 0.3) is 11.8 Å². The molecule has 0 aliphatic carbocycles. The molecule has 0 aromatic heterocycles. The normalized spacial score (nSPS) is 14.2. The van der Waals surface area contributed by atoms with Crippen LogP contribution in [0.25, 0.3) is 5.57 Å². The van der Waals surface area contributed by atoms with Crippen LogP contribution >= 0.6 is 11.6 Å². The topological polar surface area (TPSA) is 58.6 Å². The van der Waals surface area contributed by atoms with E-state index in [-0.39, 0.29) is 11.1 Å². The second-order valence-corrected chi connectivity index (χ2v) is 9.29. The molecule has 0 bridgehead atoms. The third-order valence-electron chi connectivity index (χ3n) is 5.55. The van der Waals surface area contributed by atoms with Crippen LogP contribution in [0.4, 0.5) is 11.4 Å². The van der Waals surface area contributed by atoms with E-state index in [4.69, 9.17) is 16.3 Å². The fourth-order valence-electron chi connectivity index (χ4n) is 3.71. The van der Waals surface area contributed by atoms with E-state index in [2.05, 4.69) is 26.1 Å². The molecule has 3 aromatic carbocycles. The van der Waals surface area contributed by atoms with Crippen molar-refractivity contribution in [2.75, 3.05) is 17.3 Å². The third kappa shape index (κ3) is 4.50. The molecule has 0 radical (unpaired) electrons. The quantitative estimate of drug-likeness (QED) is 0.471. The lowest BCUT2D eigenvalue weighted by atomic mass is 9.87. The molecule has 4 rings (SSSR count). The molecule has 0 unspecified atom stereocenters. The predicted molar refractivity (Wildman–Crippen MR) is 133 cm³/mol. The van der Waals surface area contributed by atoms with E-state index in [1.807, 2.05) is 24.3 Å². The zero-order valence-corrected chi connectivity index (χ0v) is 19.7. The van der Waals surface area contributed by atoms with Crippen molar-refractivity contribution in [1.82, 2.24) is 0 Å². The van der Waals surface area contributed by atoms with Crippen molar-refractivity contribution in [3.05, 3.63) is 94.6 Å². The molecule has 5 nitrogen and oxygen atoms in total. The van der Waals surface area contributed by atoms with Gasteiger partial charge in [-0.3, -0.25) is 9.59 Å². The van der Waals surface area contributed by atoms with E-state index in [9.17, 15) is 9.59 Å². The van der Waals surface area contributed by atoms with Gasteiger partial charge in [0.1, 0.15) is 11.4 Å².